The molecule has 0 atom stereocenters. The van der Waals surface area contributed by atoms with Crippen LogP contribution < -0.4 is 0 Å². The van der Waals surface area contributed by atoms with Crippen molar-refractivity contribution in [3.63, 3.8) is 0 Å². The zero-order valence-corrected chi connectivity index (χ0v) is 14.3. The molecule has 1 heterocycles. The van der Waals surface area contributed by atoms with Crippen molar-refractivity contribution in [2.75, 3.05) is 19.0 Å². The Bertz CT molecular complexity index is 562. The van der Waals surface area contributed by atoms with Gasteiger partial charge >= 0.3 is 12.4 Å². The maximum Gasteiger partial charge on any atom is 0.431 e. The summed E-state index contributed by atoms with van der Waals surface area (Å²) in [6.07, 6.45) is -12.3. The van der Waals surface area contributed by atoms with Crippen LogP contribution in [-0.2, 0) is 9.47 Å². The lowest BCUT2D eigenvalue weighted by atomic mass is 9.89. The molecule has 0 radical (unpaired) electrons. The van der Waals surface area contributed by atoms with Crippen molar-refractivity contribution in [2.24, 2.45) is 0 Å². The Morgan fingerprint density at radius 1 is 1.00 bits per heavy atom. The van der Waals surface area contributed by atoms with E-state index in [1.54, 1.807) is 6.07 Å². The van der Waals surface area contributed by atoms with Crippen LogP contribution in [0.1, 0.15) is 32.1 Å². The molecule has 1 saturated heterocycles. The van der Waals surface area contributed by atoms with Crippen LogP contribution in [0.3, 0.4) is 0 Å². The molecule has 2 aliphatic rings. The lowest BCUT2D eigenvalue weighted by Gasteiger charge is -2.33. The highest BCUT2D eigenvalue weighted by molar-refractivity contribution is 8.03. The largest absolute Gasteiger partial charge is 0.431 e. The van der Waals surface area contributed by atoms with Gasteiger partial charge in [0.1, 0.15) is 6.07 Å². The Labute approximate surface area is 149 Å². The van der Waals surface area contributed by atoms with Crippen LogP contribution in [0.15, 0.2) is 10.5 Å². The number of nitrogens with zero attached hydrogens (tertiary/aromatic N) is 1. The number of hydrogen-bond donors (Lipinski definition) is 0. The second-order valence-electron chi connectivity index (χ2n) is 6.05. The molecule has 0 unspecified atom stereocenters. The molecule has 0 aromatic heterocycles. The molecule has 1 aliphatic carbocycles. The molecular formula is C15H16F7NO2S. The Kier molecular flexibility index (Phi) is 6.20. The molecule has 1 saturated carbocycles. The minimum absolute atomic E-state index is 0.0320. The molecule has 0 aromatic rings. The fourth-order valence-electron chi connectivity index (χ4n) is 2.90. The van der Waals surface area contributed by atoms with E-state index in [0.29, 0.717) is 56.2 Å². The number of rotatable bonds is 4. The van der Waals surface area contributed by atoms with Gasteiger partial charge in [-0.25, -0.2) is 4.39 Å². The number of alkyl halides is 7. The number of nitriles is 1. The molecule has 1 spiro atoms. The van der Waals surface area contributed by atoms with E-state index in [2.05, 4.69) is 0 Å². The van der Waals surface area contributed by atoms with E-state index in [9.17, 15) is 30.7 Å². The number of thioether (sulfide) groups is 1. The zero-order chi connectivity index (χ0) is 19.6. The van der Waals surface area contributed by atoms with Crippen LogP contribution in [0, 0.1) is 11.3 Å². The molecule has 2 fully saturated rings. The summed E-state index contributed by atoms with van der Waals surface area (Å²) in [6, 6.07) is 1.79. The third kappa shape index (κ3) is 4.28. The second kappa shape index (κ2) is 7.56. The molecule has 1 aliphatic heterocycles. The summed E-state index contributed by atoms with van der Waals surface area (Å²) in [5.74, 6) is -1.53. The molecule has 0 amide bonds. The van der Waals surface area contributed by atoms with Gasteiger partial charge in [0, 0.05) is 25.0 Å². The summed E-state index contributed by atoms with van der Waals surface area (Å²) < 4.78 is 99.8. The van der Waals surface area contributed by atoms with Crippen LogP contribution in [0.2, 0.25) is 0 Å². The first-order valence-electron chi connectivity index (χ1n) is 7.79. The van der Waals surface area contributed by atoms with E-state index >= 15 is 0 Å². The number of halogens is 7. The third-order valence-electron chi connectivity index (χ3n) is 4.44. The molecule has 3 nitrogen and oxygen atoms in total. The third-order valence-corrected chi connectivity index (χ3v) is 5.52. The van der Waals surface area contributed by atoms with Crippen molar-refractivity contribution < 1.29 is 40.2 Å². The van der Waals surface area contributed by atoms with Crippen molar-refractivity contribution in [1.29, 1.82) is 5.26 Å². The summed E-state index contributed by atoms with van der Waals surface area (Å²) >= 11 is 0.515. The second-order valence-corrected chi connectivity index (χ2v) is 7.15. The van der Waals surface area contributed by atoms with E-state index in [1.807, 2.05) is 0 Å². The Morgan fingerprint density at radius 2 is 1.50 bits per heavy atom. The predicted octanol–water partition coefficient (Wildman–Crippen LogP) is 5.04. The lowest BCUT2D eigenvalue weighted by Crippen LogP contribution is -2.53. The van der Waals surface area contributed by atoms with Gasteiger partial charge in [0.25, 0.3) is 5.67 Å². The quantitative estimate of drug-likeness (QED) is 0.484. The van der Waals surface area contributed by atoms with Gasteiger partial charge in [0.05, 0.1) is 18.1 Å². The van der Waals surface area contributed by atoms with Gasteiger partial charge in [-0.1, -0.05) is 0 Å². The molecule has 26 heavy (non-hydrogen) atoms. The van der Waals surface area contributed by atoms with Crippen molar-refractivity contribution in [3.8, 4) is 6.07 Å². The fraction of sp³-hybridized carbons (Fsp3) is 0.800. The summed E-state index contributed by atoms with van der Waals surface area (Å²) in [4.78, 5) is 0.0320. The average Bonchev–Trinajstić information content (AvgIpc) is 2.98. The van der Waals surface area contributed by atoms with Gasteiger partial charge in [-0.15, -0.1) is 11.8 Å². The molecule has 2 rings (SSSR count). The van der Waals surface area contributed by atoms with E-state index in [0.717, 1.165) is 0 Å². The SMILES string of the molecule is N#CC(SCCC(F)(C(F)(F)F)C(F)(F)F)=C1CCC2(CC1)OCCO2. The molecule has 0 N–H and O–H groups in total. The lowest BCUT2D eigenvalue weighted by molar-refractivity contribution is -0.341. The first-order chi connectivity index (χ1) is 11.9. The van der Waals surface area contributed by atoms with Crippen LogP contribution in [0.25, 0.3) is 0 Å². The van der Waals surface area contributed by atoms with Crippen LogP contribution >= 0.6 is 11.8 Å². The summed E-state index contributed by atoms with van der Waals surface area (Å²) in [7, 11) is 0. The molecule has 0 aromatic carbocycles. The monoisotopic (exact) mass is 407 g/mol. The van der Waals surface area contributed by atoms with E-state index in [1.165, 1.54) is 0 Å². The first kappa shape index (κ1) is 21.3. The van der Waals surface area contributed by atoms with Gasteiger partial charge in [0.2, 0.25) is 0 Å². The van der Waals surface area contributed by atoms with Crippen molar-refractivity contribution in [3.05, 3.63) is 10.5 Å². The minimum Gasteiger partial charge on any atom is -0.348 e. The van der Waals surface area contributed by atoms with Gasteiger partial charge < -0.3 is 9.47 Å². The highest BCUT2D eigenvalue weighted by Crippen LogP contribution is 2.49. The number of hydrogen-bond acceptors (Lipinski definition) is 4. The van der Waals surface area contributed by atoms with Crippen molar-refractivity contribution >= 4 is 11.8 Å². The van der Waals surface area contributed by atoms with E-state index in [-0.39, 0.29) is 4.91 Å². The van der Waals surface area contributed by atoms with Crippen molar-refractivity contribution in [2.45, 2.75) is 55.9 Å². The van der Waals surface area contributed by atoms with Crippen LogP contribution in [0.5, 0.6) is 0 Å². The topological polar surface area (TPSA) is 42.2 Å². The van der Waals surface area contributed by atoms with E-state index in [4.69, 9.17) is 14.7 Å². The molecule has 11 heteroatoms. The summed E-state index contributed by atoms with van der Waals surface area (Å²) in [5.41, 5.74) is -4.67. The fourth-order valence-corrected chi connectivity index (χ4v) is 3.96. The predicted molar refractivity (Wildman–Crippen MR) is 78.8 cm³/mol. The molecular weight excluding hydrogens is 391 g/mol. The Hall–Kier alpha value is -0.990. The highest BCUT2D eigenvalue weighted by atomic mass is 32.2. The Morgan fingerprint density at radius 3 is 1.92 bits per heavy atom. The average molecular weight is 407 g/mol. The van der Waals surface area contributed by atoms with Gasteiger partial charge in [-0.05, 0) is 18.4 Å². The summed E-state index contributed by atoms with van der Waals surface area (Å²) in [6.45, 7) is 0.902. The zero-order valence-electron chi connectivity index (χ0n) is 13.5. The Balaban J connectivity index is 2.00. The number of allylic oxidation sites excluding steroid dienone is 2. The van der Waals surface area contributed by atoms with Gasteiger partial charge in [0.15, 0.2) is 5.79 Å². The summed E-state index contributed by atoms with van der Waals surface area (Å²) in [5, 5.41) is 9.15. The maximum absolute atomic E-state index is 13.6. The van der Waals surface area contributed by atoms with Crippen LogP contribution in [-0.4, -0.2) is 42.8 Å². The first-order valence-corrected chi connectivity index (χ1v) is 8.78. The smallest absolute Gasteiger partial charge is 0.348 e. The molecule has 0 bridgehead atoms. The number of ether oxygens (including phenoxy) is 2. The highest BCUT2D eigenvalue weighted by Gasteiger charge is 2.71. The normalized spacial score (nSPS) is 21.1. The standard InChI is InChI=1S/C15H16F7NO2S/c16-13(14(17,18)19,15(20,21)22)5-8-26-11(9-23)10-1-3-12(4-2-10)24-6-7-25-12/h1-8H2. The van der Waals surface area contributed by atoms with Crippen LogP contribution in [0.4, 0.5) is 30.7 Å². The minimum atomic E-state index is -6.07. The van der Waals surface area contributed by atoms with Gasteiger partial charge in [-0.2, -0.15) is 31.6 Å². The maximum atomic E-state index is 13.6. The van der Waals surface area contributed by atoms with Crippen molar-refractivity contribution in [1.82, 2.24) is 0 Å². The molecule has 148 valence electrons. The van der Waals surface area contributed by atoms with Gasteiger partial charge in [-0.3, -0.25) is 0 Å². The van der Waals surface area contributed by atoms with E-state index < -0.39 is 36.0 Å².